The van der Waals surface area contributed by atoms with Gasteiger partial charge in [-0.3, -0.25) is 0 Å². The SMILES string of the molecule is Cc1cc(C)n(-c2cc(NCCNS(=O)(=O)c3ccc(-c4coc(C)n4)cc3)ncn2)n1. The second-order valence-corrected chi connectivity index (χ2v) is 8.97. The lowest BCUT2D eigenvalue weighted by molar-refractivity contribution is 0.521. The molecular formula is C21H23N7O3S. The molecular weight excluding hydrogens is 430 g/mol. The van der Waals surface area contributed by atoms with E-state index in [1.807, 2.05) is 19.9 Å². The Balaban J connectivity index is 1.34. The van der Waals surface area contributed by atoms with Crippen molar-refractivity contribution in [1.29, 1.82) is 0 Å². The summed E-state index contributed by atoms with van der Waals surface area (Å²) < 4.78 is 34.6. The molecule has 0 aliphatic heterocycles. The summed E-state index contributed by atoms with van der Waals surface area (Å²) in [5, 5.41) is 7.51. The quantitative estimate of drug-likeness (QED) is 0.390. The number of rotatable bonds is 8. The fourth-order valence-corrected chi connectivity index (χ4v) is 4.21. The van der Waals surface area contributed by atoms with Gasteiger partial charge in [-0.1, -0.05) is 12.1 Å². The van der Waals surface area contributed by atoms with E-state index in [1.165, 1.54) is 12.6 Å². The Morgan fingerprint density at radius 1 is 1.03 bits per heavy atom. The first-order valence-corrected chi connectivity index (χ1v) is 11.4. The molecule has 32 heavy (non-hydrogen) atoms. The Morgan fingerprint density at radius 3 is 2.47 bits per heavy atom. The molecule has 0 atom stereocenters. The highest BCUT2D eigenvalue weighted by Crippen LogP contribution is 2.20. The normalized spacial score (nSPS) is 11.6. The second-order valence-electron chi connectivity index (χ2n) is 7.20. The largest absolute Gasteiger partial charge is 0.449 e. The highest BCUT2D eigenvalue weighted by Gasteiger charge is 2.14. The minimum absolute atomic E-state index is 0.176. The Morgan fingerprint density at radius 2 is 1.81 bits per heavy atom. The van der Waals surface area contributed by atoms with Gasteiger partial charge in [-0.05, 0) is 32.0 Å². The fourth-order valence-electron chi connectivity index (χ4n) is 3.18. The lowest BCUT2D eigenvalue weighted by Gasteiger charge is -2.10. The predicted octanol–water partition coefficient (Wildman–Crippen LogP) is 2.63. The summed E-state index contributed by atoms with van der Waals surface area (Å²) in [6, 6.07) is 10.2. The van der Waals surface area contributed by atoms with Crippen LogP contribution in [0.5, 0.6) is 0 Å². The number of hydrogen-bond donors (Lipinski definition) is 2. The van der Waals surface area contributed by atoms with Crippen LogP contribution in [-0.4, -0.2) is 46.2 Å². The zero-order valence-electron chi connectivity index (χ0n) is 17.9. The molecule has 3 heterocycles. The van der Waals surface area contributed by atoms with Crippen LogP contribution < -0.4 is 10.0 Å². The number of oxazole rings is 1. The van der Waals surface area contributed by atoms with E-state index >= 15 is 0 Å². The summed E-state index contributed by atoms with van der Waals surface area (Å²) in [6.45, 7) is 6.15. The lowest BCUT2D eigenvalue weighted by atomic mass is 10.2. The molecule has 166 valence electrons. The maximum atomic E-state index is 12.6. The lowest BCUT2D eigenvalue weighted by Crippen LogP contribution is -2.29. The van der Waals surface area contributed by atoms with Gasteiger partial charge in [0, 0.05) is 37.3 Å². The van der Waals surface area contributed by atoms with Gasteiger partial charge in [0.05, 0.1) is 10.6 Å². The van der Waals surface area contributed by atoms with Crippen molar-refractivity contribution < 1.29 is 12.8 Å². The number of anilines is 1. The number of sulfonamides is 1. The second kappa shape index (κ2) is 8.89. The predicted molar refractivity (Wildman–Crippen MR) is 119 cm³/mol. The smallest absolute Gasteiger partial charge is 0.240 e. The van der Waals surface area contributed by atoms with Crippen LogP contribution >= 0.6 is 0 Å². The zero-order valence-corrected chi connectivity index (χ0v) is 18.7. The van der Waals surface area contributed by atoms with Crippen molar-refractivity contribution in [2.45, 2.75) is 25.7 Å². The van der Waals surface area contributed by atoms with Crippen LogP contribution in [0.25, 0.3) is 17.1 Å². The summed E-state index contributed by atoms with van der Waals surface area (Å²) in [7, 11) is -3.64. The number of nitrogens with zero attached hydrogens (tertiary/aromatic N) is 5. The van der Waals surface area contributed by atoms with E-state index < -0.39 is 10.0 Å². The molecule has 0 fully saturated rings. The Labute approximate surface area is 185 Å². The van der Waals surface area contributed by atoms with Crippen molar-refractivity contribution in [3.05, 3.63) is 66.3 Å². The number of aromatic nitrogens is 5. The van der Waals surface area contributed by atoms with Crippen LogP contribution in [0.3, 0.4) is 0 Å². The average Bonchev–Trinajstić information content (AvgIpc) is 3.36. The van der Waals surface area contributed by atoms with Gasteiger partial charge < -0.3 is 9.73 Å². The molecule has 1 aromatic carbocycles. The molecule has 0 saturated heterocycles. The molecule has 4 rings (SSSR count). The molecule has 0 unspecified atom stereocenters. The molecule has 2 N–H and O–H groups in total. The van der Waals surface area contributed by atoms with Gasteiger partial charge in [0.2, 0.25) is 10.0 Å². The first kappa shape index (κ1) is 21.7. The molecule has 0 aliphatic rings. The fraction of sp³-hybridized carbons (Fsp3) is 0.238. The number of hydrogen-bond acceptors (Lipinski definition) is 8. The molecule has 0 bridgehead atoms. The van der Waals surface area contributed by atoms with Crippen molar-refractivity contribution >= 4 is 15.8 Å². The van der Waals surface area contributed by atoms with E-state index in [1.54, 1.807) is 41.9 Å². The summed E-state index contributed by atoms with van der Waals surface area (Å²) in [4.78, 5) is 12.8. The van der Waals surface area contributed by atoms with Crippen LogP contribution in [0, 0.1) is 20.8 Å². The van der Waals surface area contributed by atoms with Gasteiger partial charge in [-0.15, -0.1) is 0 Å². The first-order valence-electron chi connectivity index (χ1n) is 9.93. The first-order chi connectivity index (χ1) is 15.3. The van der Waals surface area contributed by atoms with Crippen molar-refractivity contribution in [2.24, 2.45) is 0 Å². The minimum atomic E-state index is -3.64. The van der Waals surface area contributed by atoms with Crippen molar-refractivity contribution in [3.63, 3.8) is 0 Å². The molecule has 10 nitrogen and oxygen atoms in total. The van der Waals surface area contributed by atoms with Crippen LogP contribution in [0.1, 0.15) is 17.3 Å². The maximum Gasteiger partial charge on any atom is 0.240 e. The third-order valence-electron chi connectivity index (χ3n) is 4.68. The monoisotopic (exact) mass is 453 g/mol. The standard InChI is InChI=1S/C21H23N7O3S/c1-14-10-15(2)28(27-14)21-11-20(23-13-24-21)22-8-9-25-32(29,30)18-6-4-17(5-7-18)19-12-31-16(3)26-19/h4-7,10-13,25H,8-9H2,1-3H3,(H,22,23,24). The Bertz CT molecular complexity index is 1330. The van der Waals surface area contributed by atoms with Gasteiger partial charge in [0.25, 0.3) is 0 Å². The molecule has 0 aliphatic carbocycles. The molecule has 0 saturated carbocycles. The van der Waals surface area contributed by atoms with Crippen molar-refractivity contribution in [2.75, 3.05) is 18.4 Å². The van der Waals surface area contributed by atoms with Gasteiger partial charge in [-0.2, -0.15) is 5.10 Å². The summed E-state index contributed by atoms with van der Waals surface area (Å²) in [6.07, 6.45) is 2.98. The van der Waals surface area contributed by atoms with E-state index in [-0.39, 0.29) is 11.4 Å². The maximum absolute atomic E-state index is 12.6. The topological polar surface area (TPSA) is 128 Å². The van der Waals surface area contributed by atoms with Crippen LogP contribution in [0.2, 0.25) is 0 Å². The third-order valence-corrected chi connectivity index (χ3v) is 6.16. The van der Waals surface area contributed by atoms with Crippen LogP contribution in [0.15, 0.2) is 58.3 Å². The van der Waals surface area contributed by atoms with E-state index in [0.717, 1.165) is 17.0 Å². The van der Waals surface area contributed by atoms with Crippen LogP contribution in [-0.2, 0) is 10.0 Å². The highest BCUT2D eigenvalue weighted by atomic mass is 32.2. The Hall–Kier alpha value is -3.57. The van der Waals surface area contributed by atoms with Crippen molar-refractivity contribution in [3.8, 4) is 17.1 Å². The Kier molecular flexibility index (Phi) is 6.01. The molecule has 4 aromatic rings. The number of nitrogens with one attached hydrogen (secondary N) is 2. The van der Waals surface area contributed by atoms with E-state index in [4.69, 9.17) is 4.42 Å². The molecule has 0 amide bonds. The van der Waals surface area contributed by atoms with Crippen LogP contribution in [0.4, 0.5) is 5.82 Å². The molecule has 11 heteroatoms. The molecule has 3 aromatic heterocycles. The zero-order chi connectivity index (χ0) is 22.7. The number of benzene rings is 1. The van der Waals surface area contributed by atoms with Gasteiger partial charge in [-0.25, -0.2) is 32.8 Å². The van der Waals surface area contributed by atoms with Gasteiger partial charge >= 0.3 is 0 Å². The molecule has 0 radical (unpaired) electrons. The van der Waals surface area contributed by atoms with Gasteiger partial charge in [0.15, 0.2) is 11.7 Å². The summed E-state index contributed by atoms with van der Waals surface area (Å²) in [5.74, 6) is 1.77. The minimum Gasteiger partial charge on any atom is -0.449 e. The summed E-state index contributed by atoms with van der Waals surface area (Å²) in [5.41, 5.74) is 3.30. The van der Waals surface area contributed by atoms with E-state index in [2.05, 4.69) is 30.1 Å². The van der Waals surface area contributed by atoms with E-state index in [9.17, 15) is 8.42 Å². The van der Waals surface area contributed by atoms with Crippen molar-refractivity contribution in [1.82, 2.24) is 29.5 Å². The third kappa shape index (κ3) is 4.84. The summed E-state index contributed by atoms with van der Waals surface area (Å²) >= 11 is 0. The van der Waals surface area contributed by atoms with E-state index in [0.29, 0.717) is 29.8 Å². The number of aryl methyl sites for hydroxylation is 3. The van der Waals surface area contributed by atoms with Gasteiger partial charge in [0.1, 0.15) is 24.1 Å². The average molecular weight is 454 g/mol. The molecule has 0 spiro atoms. The highest BCUT2D eigenvalue weighted by molar-refractivity contribution is 7.89.